The zero-order valence-electron chi connectivity index (χ0n) is 77.8. The van der Waals surface area contributed by atoms with Crippen LogP contribution in [0.15, 0.2) is 182 Å². The number of phosphoric acid groups is 2. The van der Waals surface area contributed by atoms with Gasteiger partial charge in [0.1, 0.15) is 25.4 Å². The molecule has 0 saturated carbocycles. The fourth-order valence-electron chi connectivity index (χ4n) is 13.3. The van der Waals surface area contributed by atoms with Gasteiger partial charge in [0.2, 0.25) is 0 Å². The van der Waals surface area contributed by atoms with Crippen LogP contribution in [0, 0.1) is 0 Å². The van der Waals surface area contributed by atoms with E-state index >= 15 is 0 Å². The maximum absolute atomic E-state index is 13.1. The number of ether oxygens (including phenoxy) is 3. The molecule has 0 bridgehead atoms. The third-order valence-electron chi connectivity index (χ3n) is 20.6. The van der Waals surface area contributed by atoms with Crippen LogP contribution in [0.1, 0.15) is 406 Å². The second-order valence-corrected chi connectivity index (χ2v) is 35.3. The number of phosphoric ester groups is 2. The summed E-state index contributed by atoms with van der Waals surface area (Å²) < 4.78 is 61.6. The Bertz CT molecular complexity index is 2970. The van der Waals surface area contributed by atoms with Gasteiger partial charge in [0.05, 0.1) is 26.4 Å². The first-order valence-corrected chi connectivity index (χ1v) is 52.1. The molecule has 0 rings (SSSR count). The van der Waals surface area contributed by atoms with Gasteiger partial charge in [-0.25, -0.2) is 9.13 Å². The topological polar surface area (TPSA) is 231 Å². The highest BCUT2D eigenvalue weighted by molar-refractivity contribution is 7.47. The van der Waals surface area contributed by atoms with Crippen LogP contribution in [-0.4, -0.2) is 95.9 Å². The lowest BCUT2D eigenvalue weighted by Gasteiger charge is -2.21. The maximum Gasteiger partial charge on any atom is 0.472 e. The van der Waals surface area contributed by atoms with E-state index in [-0.39, 0.29) is 19.3 Å². The van der Waals surface area contributed by atoms with Crippen molar-refractivity contribution in [1.29, 1.82) is 0 Å². The highest BCUT2D eigenvalue weighted by Crippen LogP contribution is 2.45. The molecule has 123 heavy (non-hydrogen) atoms. The van der Waals surface area contributed by atoms with Crippen LogP contribution in [0.4, 0.5) is 0 Å². The summed E-state index contributed by atoms with van der Waals surface area (Å²) >= 11 is 0. The molecule has 16 nitrogen and oxygen atoms in total. The lowest BCUT2D eigenvalue weighted by molar-refractivity contribution is -0.161. The quantitative estimate of drug-likeness (QED) is 0.0146. The van der Waals surface area contributed by atoms with E-state index in [9.17, 15) is 43.5 Å². The molecule has 0 radical (unpaired) electrons. The predicted octanol–water partition coefficient (Wildman–Crippen LogP) is 30.8. The van der Waals surface area contributed by atoms with E-state index in [1.165, 1.54) is 180 Å². The van der Waals surface area contributed by atoms with Crippen LogP contribution >= 0.6 is 15.6 Å². The first-order valence-electron chi connectivity index (χ1n) is 49.1. The average Bonchev–Trinajstić information content (AvgIpc) is 0.900. The summed E-state index contributed by atoms with van der Waals surface area (Å²) in [7, 11) is -9.82. The third-order valence-corrected chi connectivity index (χ3v) is 22.5. The fraction of sp³-hybridized carbons (Fsp3) is 0.686. The minimum absolute atomic E-state index is 0.0792. The zero-order chi connectivity index (χ0) is 89.3. The molecule has 0 saturated heterocycles. The van der Waals surface area contributed by atoms with E-state index in [2.05, 4.69) is 203 Å². The molecule has 0 fully saturated rings. The van der Waals surface area contributed by atoms with Gasteiger partial charge in [-0.3, -0.25) is 32.5 Å². The molecule has 5 unspecified atom stereocenters. The van der Waals surface area contributed by atoms with Crippen LogP contribution in [-0.2, 0) is 55.8 Å². The van der Waals surface area contributed by atoms with Crippen molar-refractivity contribution in [1.82, 2.24) is 0 Å². The molecule has 0 spiro atoms. The summed E-state index contributed by atoms with van der Waals surface area (Å²) in [6.07, 6.45) is 127. The van der Waals surface area contributed by atoms with Crippen molar-refractivity contribution in [2.45, 2.75) is 424 Å². The van der Waals surface area contributed by atoms with Crippen molar-refractivity contribution in [2.75, 3.05) is 39.6 Å². The third kappa shape index (κ3) is 97.1. The predicted molar refractivity (Wildman–Crippen MR) is 518 cm³/mol. The van der Waals surface area contributed by atoms with Crippen molar-refractivity contribution in [3.8, 4) is 0 Å². The monoisotopic (exact) mass is 1760 g/mol. The molecule has 5 atom stereocenters. The highest BCUT2D eigenvalue weighted by atomic mass is 31.2. The van der Waals surface area contributed by atoms with Gasteiger partial charge < -0.3 is 34.2 Å². The minimum Gasteiger partial charge on any atom is -0.463 e. The van der Waals surface area contributed by atoms with Gasteiger partial charge in [-0.1, -0.05) is 415 Å². The van der Waals surface area contributed by atoms with Crippen LogP contribution in [0.5, 0.6) is 0 Å². The van der Waals surface area contributed by atoms with E-state index in [0.717, 1.165) is 167 Å². The van der Waals surface area contributed by atoms with Gasteiger partial charge in [0, 0.05) is 19.3 Å². The molecule has 0 aliphatic rings. The molecule has 0 aromatic rings. The number of rotatable bonds is 92. The number of carbonyl (C=O) groups excluding carboxylic acids is 3. The van der Waals surface area contributed by atoms with E-state index in [1.54, 1.807) is 0 Å². The molecule has 18 heteroatoms. The summed E-state index contributed by atoms with van der Waals surface area (Å²) in [5, 5.41) is 20.8. The minimum atomic E-state index is -4.95. The number of aliphatic hydroxyl groups excluding tert-OH is 2. The van der Waals surface area contributed by atoms with E-state index in [0.29, 0.717) is 19.3 Å². The van der Waals surface area contributed by atoms with Crippen molar-refractivity contribution in [3.63, 3.8) is 0 Å². The van der Waals surface area contributed by atoms with Crippen LogP contribution < -0.4 is 0 Å². The zero-order valence-corrected chi connectivity index (χ0v) is 79.6. The summed E-state index contributed by atoms with van der Waals surface area (Å²) in [6.45, 7) is 2.37. The maximum atomic E-state index is 13.1. The van der Waals surface area contributed by atoms with Gasteiger partial charge in [-0.15, -0.1) is 0 Å². The molecular weight excluding hydrogens is 1580 g/mol. The number of allylic oxidation sites excluding steroid dienone is 30. The average molecular weight is 1760 g/mol. The number of hydrogen-bond acceptors (Lipinski definition) is 14. The number of esters is 3. The van der Waals surface area contributed by atoms with E-state index in [4.69, 9.17) is 32.3 Å². The number of aliphatic hydroxyl groups is 2. The van der Waals surface area contributed by atoms with Crippen molar-refractivity contribution in [2.24, 2.45) is 0 Å². The Morgan fingerprint density at radius 3 is 0.642 bits per heavy atom. The Labute approximate surface area is 751 Å². The van der Waals surface area contributed by atoms with Crippen LogP contribution in [0.25, 0.3) is 0 Å². The normalized spacial score (nSPS) is 14.5. The van der Waals surface area contributed by atoms with Gasteiger partial charge in [0.25, 0.3) is 0 Å². The fourth-order valence-corrected chi connectivity index (χ4v) is 14.9. The summed E-state index contributed by atoms with van der Waals surface area (Å²) in [6, 6.07) is 0. The first kappa shape index (κ1) is 118. The molecule has 0 aromatic heterocycles. The van der Waals surface area contributed by atoms with E-state index in [1.807, 2.05) is 0 Å². The Morgan fingerprint density at radius 1 is 0.228 bits per heavy atom. The smallest absolute Gasteiger partial charge is 0.463 e. The number of unbranched alkanes of at least 4 members (excludes halogenated alkanes) is 39. The molecule has 4 N–H and O–H groups in total. The molecule has 0 aliphatic carbocycles. The molecule has 0 amide bonds. The second kappa shape index (κ2) is 95.7. The molecule has 0 aromatic carbocycles. The lowest BCUT2D eigenvalue weighted by Crippen LogP contribution is -2.30. The number of carbonyl (C=O) groups is 3. The largest absolute Gasteiger partial charge is 0.472 e. The Morgan fingerprint density at radius 2 is 0.407 bits per heavy atom. The Hall–Kier alpha value is -5.35. The Balaban J connectivity index is 4.55. The standard InChI is InChI=1S/C105H178O16P2/c1-4-7-10-13-16-19-22-25-28-31-34-37-39-41-43-45-47-49-51-53-55-57-59-62-64-67-70-73-76-79-82-85-88-91-103(108)115-94-100(106)95-117-122(111,112)118-96-101(107)97-119-123(113,114)120-99-102(121-105(110)93-90-87-84-81-78-75-72-69-66-61-36-33-30-27-24-21-18-15-12-9-6-3)98-116-104(109)92-89-86-83-80-77-74-71-68-65-63-60-58-56-54-52-50-48-46-44-42-40-38-35-32-29-26-23-20-17-14-11-8-5-2/h7-12,16-21,25-30,34-38,41-44,61,69,72,100-102,106-107H,4-6,13-15,22-24,31-33,39-40,45-60,62-68,70-71,73-99H2,1-3H3,(H,111,112)(H,113,114)/b10-7-,11-8-,12-9-,19-16-,20-17-,21-18-,28-25-,29-26-,30-27-,37-34-,38-35-,43-41-,44-42-,61-36-,72-69-. The summed E-state index contributed by atoms with van der Waals surface area (Å²) in [4.78, 5) is 59.1. The summed E-state index contributed by atoms with van der Waals surface area (Å²) in [5.74, 6) is -1.59. The van der Waals surface area contributed by atoms with Crippen LogP contribution in [0.3, 0.4) is 0 Å². The van der Waals surface area contributed by atoms with Crippen LogP contribution in [0.2, 0.25) is 0 Å². The number of hydrogen-bond donors (Lipinski definition) is 4. The lowest BCUT2D eigenvalue weighted by atomic mass is 10.0. The van der Waals surface area contributed by atoms with Gasteiger partial charge in [-0.2, -0.15) is 0 Å². The Kier molecular flexibility index (Phi) is 91.6. The van der Waals surface area contributed by atoms with Crippen molar-refractivity contribution >= 4 is 33.6 Å². The van der Waals surface area contributed by atoms with E-state index < -0.39 is 91.5 Å². The van der Waals surface area contributed by atoms with Gasteiger partial charge in [-0.05, 0) is 154 Å². The second-order valence-electron chi connectivity index (χ2n) is 32.4. The SMILES string of the molecule is CC/C=C\C/C=C\C/C=C\C/C=C\C/C=C\CCCCCCCCCCCCCCCCCCCC(=O)OCC(O)COP(=O)(O)OCC(O)COP(=O)(O)OCC(COC(=O)CCCCCCCCCCCCCCCCCCC/C=C\C/C=C\C/C=C\C/C=C\C/C=C\CC)OC(=O)CCCCCCC/C=C\C/C=C\C/C=C\C/C=C\C/C=C\CC. The van der Waals surface area contributed by atoms with Gasteiger partial charge >= 0.3 is 33.6 Å². The van der Waals surface area contributed by atoms with Gasteiger partial charge in [0.15, 0.2) is 6.10 Å². The summed E-state index contributed by atoms with van der Waals surface area (Å²) in [5.41, 5.74) is 0. The molecule has 0 aliphatic heterocycles. The van der Waals surface area contributed by atoms with Crippen molar-refractivity contribution < 1.29 is 75.8 Å². The molecule has 0 heterocycles. The first-order chi connectivity index (χ1) is 60.2. The highest BCUT2D eigenvalue weighted by Gasteiger charge is 2.30. The molecular formula is C105H178O16P2. The van der Waals surface area contributed by atoms with Crippen molar-refractivity contribution in [3.05, 3.63) is 182 Å². The molecule has 704 valence electrons.